The maximum Gasteiger partial charge on any atom is 0.306 e. The minimum absolute atomic E-state index is 0.0598. The highest BCUT2D eigenvalue weighted by atomic mass is 16.5. The van der Waals surface area contributed by atoms with Crippen LogP contribution in [0.3, 0.4) is 0 Å². The summed E-state index contributed by atoms with van der Waals surface area (Å²) in [4.78, 5) is 22.5. The van der Waals surface area contributed by atoms with Crippen LogP contribution >= 0.6 is 0 Å². The molecule has 0 heterocycles. The molecule has 0 fully saturated rings. The largest absolute Gasteiger partial charge is 0.461 e. The van der Waals surface area contributed by atoms with Gasteiger partial charge in [0.25, 0.3) is 0 Å². The molecule has 0 aliphatic rings. The number of hydrogen-bond acceptors (Lipinski definition) is 4. The fourth-order valence-electron chi connectivity index (χ4n) is 0.951. The molecule has 0 atom stereocenters. The van der Waals surface area contributed by atoms with E-state index in [1.807, 2.05) is 39.8 Å². The molecule has 0 aromatic rings. The Kier molecular flexibility index (Phi) is 8.62. The molecule has 0 saturated heterocycles. The predicted molar refractivity (Wildman–Crippen MR) is 70.0 cm³/mol. The van der Waals surface area contributed by atoms with E-state index in [0.29, 0.717) is 0 Å². The van der Waals surface area contributed by atoms with Crippen molar-refractivity contribution < 1.29 is 19.1 Å². The number of ether oxygens (including phenoxy) is 2. The minimum Gasteiger partial charge on any atom is -0.461 e. The van der Waals surface area contributed by atoms with E-state index >= 15 is 0 Å². The number of esters is 2. The van der Waals surface area contributed by atoms with Crippen LogP contribution in [0.2, 0.25) is 0 Å². The molecular weight excluding hydrogens is 232 g/mol. The fraction of sp³-hybridized carbons (Fsp3) is 0.571. The Morgan fingerprint density at radius 1 is 0.778 bits per heavy atom. The smallest absolute Gasteiger partial charge is 0.306 e. The number of carbonyl (C=O) groups excluding carboxylic acids is 2. The van der Waals surface area contributed by atoms with Gasteiger partial charge in [-0.2, -0.15) is 0 Å². The van der Waals surface area contributed by atoms with Crippen LogP contribution in [0, 0.1) is 0 Å². The SMILES string of the molecule is CC(C)=CCOC(=O)CCC(=O)OCC=C(C)C. The Morgan fingerprint density at radius 3 is 1.39 bits per heavy atom. The second-order valence-electron chi connectivity index (χ2n) is 4.43. The van der Waals surface area contributed by atoms with Crippen LogP contribution in [0.4, 0.5) is 0 Å². The molecule has 18 heavy (non-hydrogen) atoms. The van der Waals surface area contributed by atoms with Gasteiger partial charge in [-0.15, -0.1) is 0 Å². The maximum absolute atomic E-state index is 11.2. The van der Waals surface area contributed by atoms with Crippen LogP contribution in [0.15, 0.2) is 23.3 Å². The summed E-state index contributed by atoms with van der Waals surface area (Å²) in [5, 5.41) is 0. The van der Waals surface area contributed by atoms with Crippen molar-refractivity contribution in [1.82, 2.24) is 0 Å². The number of allylic oxidation sites excluding steroid dienone is 2. The minimum atomic E-state index is -0.383. The molecule has 0 radical (unpaired) electrons. The van der Waals surface area contributed by atoms with Crippen LogP contribution in [-0.2, 0) is 19.1 Å². The first kappa shape index (κ1) is 16.4. The zero-order valence-corrected chi connectivity index (χ0v) is 11.6. The van der Waals surface area contributed by atoms with E-state index in [-0.39, 0.29) is 38.0 Å². The van der Waals surface area contributed by atoms with Gasteiger partial charge in [0.1, 0.15) is 13.2 Å². The lowest BCUT2D eigenvalue weighted by atomic mass is 10.3. The first-order valence-corrected chi connectivity index (χ1v) is 5.99. The van der Waals surface area contributed by atoms with Crippen molar-refractivity contribution in [1.29, 1.82) is 0 Å². The third kappa shape index (κ3) is 10.9. The zero-order chi connectivity index (χ0) is 14.0. The van der Waals surface area contributed by atoms with Crippen molar-refractivity contribution >= 4 is 11.9 Å². The highest BCUT2D eigenvalue weighted by Gasteiger charge is 2.07. The highest BCUT2D eigenvalue weighted by molar-refractivity contribution is 5.77. The molecule has 0 N–H and O–H groups in total. The standard InChI is InChI=1S/C14H22O4/c1-11(2)7-9-17-13(15)5-6-14(16)18-10-8-12(3)4/h7-8H,5-6,9-10H2,1-4H3. The van der Waals surface area contributed by atoms with Gasteiger partial charge in [0, 0.05) is 0 Å². The summed E-state index contributed by atoms with van der Waals surface area (Å²) in [7, 11) is 0. The molecule has 0 bridgehead atoms. The summed E-state index contributed by atoms with van der Waals surface area (Å²) in [6.07, 6.45) is 3.74. The highest BCUT2D eigenvalue weighted by Crippen LogP contribution is 1.98. The quantitative estimate of drug-likeness (QED) is 0.518. The van der Waals surface area contributed by atoms with E-state index in [1.54, 1.807) is 0 Å². The van der Waals surface area contributed by atoms with Crippen LogP contribution in [-0.4, -0.2) is 25.2 Å². The van der Waals surface area contributed by atoms with Gasteiger partial charge < -0.3 is 9.47 Å². The third-order valence-electron chi connectivity index (χ3n) is 2.01. The fourth-order valence-corrected chi connectivity index (χ4v) is 0.951. The Labute approximate surface area is 109 Å². The van der Waals surface area contributed by atoms with Crippen molar-refractivity contribution in [3.8, 4) is 0 Å². The number of rotatable bonds is 7. The van der Waals surface area contributed by atoms with E-state index in [9.17, 15) is 9.59 Å². The first-order valence-electron chi connectivity index (χ1n) is 5.99. The van der Waals surface area contributed by atoms with Crippen molar-refractivity contribution in [2.75, 3.05) is 13.2 Å². The molecule has 102 valence electrons. The van der Waals surface area contributed by atoms with E-state index < -0.39 is 0 Å². The molecule has 0 aliphatic carbocycles. The lowest BCUT2D eigenvalue weighted by molar-refractivity contribution is -0.149. The van der Waals surface area contributed by atoms with E-state index in [4.69, 9.17) is 9.47 Å². The summed E-state index contributed by atoms with van der Waals surface area (Å²) in [5.74, 6) is -0.765. The van der Waals surface area contributed by atoms with E-state index in [0.717, 1.165) is 11.1 Å². The summed E-state index contributed by atoms with van der Waals surface area (Å²) in [5.41, 5.74) is 2.17. The van der Waals surface area contributed by atoms with Gasteiger partial charge in [-0.05, 0) is 39.8 Å². The molecule has 4 nitrogen and oxygen atoms in total. The molecule has 0 amide bonds. The van der Waals surface area contributed by atoms with Crippen molar-refractivity contribution in [3.63, 3.8) is 0 Å². The van der Waals surface area contributed by atoms with Gasteiger partial charge in [-0.1, -0.05) is 11.1 Å². The summed E-state index contributed by atoms with van der Waals surface area (Å²) in [6, 6.07) is 0. The van der Waals surface area contributed by atoms with Crippen LogP contribution in [0.1, 0.15) is 40.5 Å². The van der Waals surface area contributed by atoms with Crippen molar-refractivity contribution in [3.05, 3.63) is 23.3 Å². The number of hydrogen-bond donors (Lipinski definition) is 0. The second-order valence-corrected chi connectivity index (χ2v) is 4.43. The van der Waals surface area contributed by atoms with Crippen LogP contribution in [0.5, 0.6) is 0 Å². The molecule has 0 spiro atoms. The van der Waals surface area contributed by atoms with Gasteiger partial charge in [-0.25, -0.2) is 0 Å². The molecule has 4 heteroatoms. The van der Waals surface area contributed by atoms with Gasteiger partial charge in [0.15, 0.2) is 0 Å². The van der Waals surface area contributed by atoms with Gasteiger partial charge in [-0.3, -0.25) is 9.59 Å². The van der Waals surface area contributed by atoms with Gasteiger partial charge in [0.05, 0.1) is 12.8 Å². The van der Waals surface area contributed by atoms with Gasteiger partial charge >= 0.3 is 11.9 Å². The van der Waals surface area contributed by atoms with Crippen molar-refractivity contribution in [2.24, 2.45) is 0 Å². The summed E-state index contributed by atoms with van der Waals surface area (Å²) in [6.45, 7) is 8.22. The van der Waals surface area contributed by atoms with E-state index in [2.05, 4.69) is 0 Å². The molecule has 0 aromatic heterocycles. The Bertz CT molecular complexity index is 298. The van der Waals surface area contributed by atoms with Gasteiger partial charge in [0.2, 0.25) is 0 Å². The normalized spacial score (nSPS) is 9.33. The predicted octanol–water partition coefficient (Wildman–Crippen LogP) is 2.79. The topological polar surface area (TPSA) is 52.6 Å². The molecule has 0 unspecified atom stereocenters. The molecule has 0 aromatic carbocycles. The summed E-state index contributed by atoms with van der Waals surface area (Å²) >= 11 is 0. The average molecular weight is 254 g/mol. The summed E-state index contributed by atoms with van der Waals surface area (Å²) < 4.78 is 9.82. The Hall–Kier alpha value is -1.58. The lowest BCUT2D eigenvalue weighted by Crippen LogP contribution is -2.10. The number of carbonyl (C=O) groups is 2. The molecule has 0 aliphatic heterocycles. The maximum atomic E-state index is 11.2. The van der Waals surface area contributed by atoms with Crippen LogP contribution < -0.4 is 0 Å². The second kappa shape index (κ2) is 9.45. The third-order valence-corrected chi connectivity index (χ3v) is 2.01. The van der Waals surface area contributed by atoms with Crippen LogP contribution in [0.25, 0.3) is 0 Å². The molecular formula is C14H22O4. The monoisotopic (exact) mass is 254 g/mol. The Balaban J connectivity index is 3.69. The Morgan fingerprint density at radius 2 is 1.11 bits per heavy atom. The molecule has 0 saturated carbocycles. The zero-order valence-electron chi connectivity index (χ0n) is 11.6. The molecule has 0 rings (SSSR count). The average Bonchev–Trinajstić information content (AvgIpc) is 2.25. The van der Waals surface area contributed by atoms with E-state index in [1.165, 1.54) is 0 Å². The van der Waals surface area contributed by atoms with Crippen molar-refractivity contribution in [2.45, 2.75) is 40.5 Å². The first-order chi connectivity index (χ1) is 8.41. The lowest BCUT2D eigenvalue weighted by Gasteiger charge is -2.03.